The van der Waals surface area contributed by atoms with Gasteiger partial charge in [0.25, 0.3) is 5.91 Å². The van der Waals surface area contributed by atoms with Gasteiger partial charge in [0, 0.05) is 45.5 Å². The third-order valence-electron chi connectivity index (χ3n) is 5.27. The first-order chi connectivity index (χ1) is 13.9. The van der Waals surface area contributed by atoms with Crippen LogP contribution in [0.1, 0.15) is 28.9 Å². The maximum absolute atomic E-state index is 12.7. The van der Waals surface area contributed by atoms with Crippen LogP contribution in [0.25, 0.3) is 0 Å². The molecule has 4 rings (SSSR count). The summed E-state index contributed by atoms with van der Waals surface area (Å²) in [6, 6.07) is 5.92. The molecule has 0 saturated carbocycles. The number of hydrogen-bond donors (Lipinski definition) is 0. The minimum Gasteiger partial charge on any atom is -0.355 e. The molecule has 29 heavy (non-hydrogen) atoms. The molecule has 0 N–H and O–H groups in total. The van der Waals surface area contributed by atoms with Crippen molar-refractivity contribution in [2.24, 2.45) is 0 Å². The van der Waals surface area contributed by atoms with Gasteiger partial charge < -0.3 is 14.7 Å². The molecule has 0 radical (unpaired) electrons. The van der Waals surface area contributed by atoms with Crippen molar-refractivity contribution < 1.29 is 18.0 Å². The highest BCUT2D eigenvalue weighted by Gasteiger charge is 2.31. The van der Waals surface area contributed by atoms with Crippen LogP contribution >= 0.6 is 0 Å². The minimum absolute atomic E-state index is 0.189. The van der Waals surface area contributed by atoms with E-state index in [4.69, 9.17) is 0 Å². The number of alkyl halides is 3. The van der Waals surface area contributed by atoms with Crippen molar-refractivity contribution in [1.29, 1.82) is 0 Å². The van der Waals surface area contributed by atoms with Crippen molar-refractivity contribution in [2.45, 2.75) is 19.0 Å². The van der Waals surface area contributed by atoms with Crippen LogP contribution in [0.3, 0.4) is 0 Å². The Morgan fingerprint density at radius 3 is 2.03 bits per heavy atom. The van der Waals surface area contributed by atoms with Gasteiger partial charge in [-0.05, 0) is 37.1 Å². The molecule has 154 valence electrons. The topological polar surface area (TPSA) is 65.5 Å². The molecule has 10 heteroatoms. The molecule has 0 aliphatic carbocycles. The largest absolute Gasteiger partial charge is 0.417 e. The zero-order valence-corrected chi connectivity index (χ0v) is 15.8. The fraction of sp³-hybridized carbons (Fsp3) is 0.474. The van der Waals surface area contributed by atoms with E-state index in [-0.39, 0.29) is 5.91 Å². The summed E-state index contributed by atoms with van der Waals surface area (Å²) in [4.78, 5) is 22.3. The summed E-state index contributed by atoms with van der Waals surface area (Å²) in [5.41, 5.74) is -0.472. The summed E-state index contributed by atoms with van der Waals surface area (Å²) in [5.74, 6) is 1.07. The highest BCUT2D eigenvalue weighted by Crippen LogP contribution is 2.29. The zero-order valence-electron chi connectivity index (χ0n) is 15.8. The lowest BCUT2D eigenvalue weighted by Gasteiger charge is -2.35. The Morgan fingerprint density at radius 1 is 0.828 bits per heavy atom. The molecule has 0 atom stereocenters. The summed E-state index contributed by atoms with van der Waals surface area (Å²) >= 11 is 0. The first-order valence-corrected chi connectivity index (χ1v) is 9.58. The molecular formula is C19H21F3N6O. The zero-order chi connectivity index (χ0) is 20.4. The lowest BCUT2D eigenvalue weighted by Crippen LogP contribution is -2.49. The third-order valence-corrected chi connectivity index (χ3v) is 5.27. The normalized spacial score (nSPS) is 17.7. The fourth-order valence-corrected chi connectivity index (χ4v) is 3.60. The van der Waals surface area contributed by atoms with E-state index in [2.05, 4.69) is 20.1 Å². The van der Waals surface area contributed by atoms with Crippen molar-refractivity contribution in [3.63, 3.8) is 0 Å². The second-order valence-corrected chi connectivity index (χ2v) is 7.15. The predicted molar refractivity (Wildman–Crippen MR) is 101 cm³/mol. The minimum atomic E-state index is -4.40. The fourth-order valence-electron chi connectivity index (χ4n) is 3.60. The lowest BCUT2D eigenvalue weighted by molar-refractivity contribution is -0.137. The van der Waals surface area contributed by atoms with Crippen LogP contribution in [0.2, 0.25) is 0 Å². The number of rotatable bonds is 3. The second-order valence-electron chi connectivity index (χ2n) is 7.15. The Hall–Kier alpha value is -2.91. The third kappa shape index (κ3) is 4.25. The average Bonchev–Trinajstić information content (AvgIpc) is 3.28. The van der Waals surface area contributed by atoms with Crippen LogP contribution in [0.4, 0.5) is 24.8 Å². The number of amides is 1. The molecule has 2 aromatic rings. The van der Waals surface area contributed by atoms with E-state index in [0.717, 1.165) is 44.0 Å². The van der Waals surface area contributed by atoms with Crippen LogP contribution in [-0.4, -0.2) is 65.3 Å². The van der Waals surface area contributed by atoms with E-state index >= 15 is 0 Å². The maximum atomic E-state index is 12.7. The van der Waals surface area contributed by atoms with Crippen molar-refractivity contribution in [3.8, 4) is 0 Å². The van der Waals surface area contributed by atoms with Crippen LogP contribution in [-0.2, 0) is 6.18 Å². The van der Waals surface area contributed by atoms with Crippen molar-refractivity contribution in [1.82, 2.24) is 20.1 Å². The van der Waals surface area contributed by atoms with Crippen LogP contribution in [0.5, 0.6) is 0 Å². The molecule has 2 saturated heterocycles. The van der Waals surface area contributed by atoms with Crippen molar-refractivity contribution in [3.05, 3.63) is 41.7 Å². The van der Waals surface area contributed by atoms with Gasteiger partial charge in [-0.2, -0.15) is 13.2 Å². The smallest absolute Gasteiger partial charge is 0.355 e. The van der Waals surface area contributed by atoms with E-state index < -0.39 is 11.7 Å². The highest BCUT2D eigenvalue weighted by molar-refractivity contribution is 5.92. The number of pyridine rings is 1. The predicted octanol–water partition coefficient (Wildman–Crippen LogP) is 2.45. The molecule has 0 bridgehead atoms. The Bertz CT molecular complexity index is 842. The number of piperazine rings is 1. The maximum Gasteiger partial charge on any atom is 0.417 e. The standard InChI is InChI=1S/C19H21F3N6O/c20-19(21,22)14-3-5-16(23-13-14)27-9-11-28(12-10-27)18(29)15-4-6-17(25-24-15)26-7-1-2-8-26/h3-6,13H,1-2,7-12H2. The lowest BCUT2D eigenvalue weighted by atomic mass is 10.2. The number of hydrogen-bond acceptors (Lipinski definition) is 6. The quantitative estimate of drug-likeness (QED) is 0.780. The van der Waals surface area contributed by atoms with Crippen LogP contribution in [0, 0.1) is 0 Å². The summed E-state index contributed by atoms with van der Waals surface area (Å²) in [6.45, 7) is 3.78. The van der Waals surface area contributed by atoms with Crippen LogP contribution < -0.4 is 9.80 Å². The molecule has 4 heterocycles. The average molecular weight is 406 g/mol. The van der Waals surface area contributed by atoms with Crippen LogP contribution in [0.15, 0.2) is 30.5 Å². The molecule has 2 aliphatic heterocycles. The molecule has 1 amide bonds. The van der Waals surface area contributed by atoms with Gasteiger partial charge in [-0.3, -0.25) is 4.79 Å². The number of carbonyl (C=O) groups is 1. The molecule has 2 aromatic heterocycles. The number of nitrogens with zero attached hydrogens (tertiary/aromatic N) is 6. The Kier molecular flexibility index (Phi) is 5.25. The van der Waals surface area contributed by atoms with Gasteiger partial charge in [0.2, 0.25) is 0 Å². The molecule has 2 aliphatic rings. The summed E-state index contributed by atoms with van der Waals surface area (Å²) < 4.78 is 38.0. The number of anilines is 2. The van der Waals surface area contributed by atoms with Gasteiger partial charge in [0.05, 0.1) is 5.56 Å². The number of carbonyl (C=O) groups excluding carboxylic acids is 1. The van der Waals surface area contributed by atoms with E-state index in [1.165, 1.54) is 6.07 Å². The second kappa shape index (κ2) is 7.84. The van der Waals surface area contributed by atoms with E-state index in [0.29, 0.717) is 37.7 Å². The Labute approximate surface area is 166 Å². The van der Waals surface area contributed by atoms with Gasteiger partial charge >= 0.3 is 6.18 Å². The highest BCUT2D eigenvalue weighted by atomic mass is 19.4. The summed E-state index contributed by atoms with van der Waals surface area (Å²) in [6.07, 6.45) is -1.28. The number of aromatic nitrogens is 3. The molecule has 7 nitrogen and oxygen atoms in total. The van der Waals surface area contributed by atoms with Crippen molar-refractivity contribution >= 4 is 17.5 Å². The van der Waals surface area contributed by atoms with Gasteiger partial charge in [-0.1, -0.05) is 0 Å². The van der Waals surface area contributed by atoms with E-state index in [9.17, 15) is 18.0 Å². The molecule has 0 spiro atoms. The molecule has 2 fully saturated rings. The SMILES string of the molecule is O=C(c1ccc(N2CCCC2)nn1)N1CCN(c2ccc(C(F)(F)F)cn2)CC1. The van der Waals surface area contributed by atoms with Gasteiger partial charge in [0.1, 0.15) is 5.82 Å². The van der Waals surface area contributed by atoms with E-state index in [1.807, 2.05) is 11.0 Å². The molecule has 0 aromatic carbocycles. The van der Waals surface area contributed by atoms with Gasteiger partial charge in [-0.25, -0.2) is 4.98 Å². The Balaban J connectivity index is 1.34. The first kappa shape index (κ1) is 19.4. The molecular weight excluding hydrogens is 385 g/mol. The monoisotopic (exact) mass is 406 g/mol. The summed E-state index contributed by atoms with van der Waals surface area (Å²) in [5, 5.41) is 8.28. The van der Waals surface area contributed by atoms with Gasteiger partial charge in [-0.15, -0.1) is 10.2 Å². The molecule has 0 unspecified atom stereocenters. The Morgan fingerprint density at radius 2 is 1.48 bits per heavy atom. The van der Waals surface area contributed by atoms with E-state index in [1.54, 1.807) is 11.0 Å². The number of halogens is 3. The van der Waals surface area contributed by atoms with Gasteiger partial charge in [0.15, 0.2) is 11.5 Å². The van der Waals surface area contributed by atoms with Crippen molar-refractivity contribution in [2.75, 3.05) is 49.1 Å². The first-order valence-electron chi connectivity index (χ1n) is 9.58. The summed E-state index contributed by atoms with van der Waals surface area (Å²) in [7, 11) is 0.